The Morgan fingerprint density at radius 3 is 2.83 bits per heavy atom. The molecule has 5 nitrogen and oxygen atoms in total. The van der Waals surface area contributed by atoms with Crippen molar-refractivity contribution in [3.05, 3.63) is 53.0 Å². The van der Waals surface area contributed by atoms with Crippen LogP contribution in [0.3, 0.4) is 0 Å². The predicted octanol–water partition coefficient (Wildman–Crippen LogP) is 3.60. The minimum Gasteiger partial charge on any atom is -0.356 e. The van der Waals surface area contributed by atoms with E-state index in [2.05, 4.69) is 47.2 Å². The summed E-state index contributed by atoms with van der Waals surface area (Å²) in [7, 11) is 0. The average Bonchev–Trinajstić information content (AvgIpc) is 3.16. The number of nitrogens with one attached hydrogen (secondary N) is 2. The van der Waals surface area contributed by atoms with Crippen molar-refractivity contribution >= 4 is 16.8 Å². The normalized spacial score (nSPS) is 17.5. The Kier molecular flexibility index (Phi) is 3.44. The number of aromatic amines is 2. The van der Waals surface area contributed by atoms with Crippen LogP contribution in [0, 0.1) is 12.8 Å². The van der Waals surface area contributed by atoms with E-state index >= 15 is 0 Å². The number of fused-ring (bicyclic) bond motifs is 3. The van der Waals surface area contributed by atoms with E-state index in [1.54, 1.807) is 0 Å². The van der Waals surface area contributed by atoms with Crippen molar-refractivity contribution in [3.8, 4) is 0 Å². The van der Waals surface area contributed by atoms with E-state index in [0.29, 0.717) is 11.6 Å². The summed E-state index contributed by atoms with van der Waals surface area (Å²) in [5, 5.41) is 8.30. The highest BCUT2D eigenvalue weighted by molar-refractivity contribution is 5.93. The van der Waals surface area contributed by atoms with Gasteiger partial charge in [0, 0.05) is 28.8 Å². The molecule has 0 saturated carbocycles. The molecule has 1 aromatic carbocycles. The molecular formula is C19H22N4O. The van der Waals surface area contributed by atoms with Crippen molar-refractivity contribution < 1.29 is 4.79 Å². The molecule has 1 amide bonds. The number of nitrogens with zero attached hydrogens (tertiary/aromatic N) is 2. The van der Waals surface area contributed by atoms with Crippen LogP contribution < -0.4 is 0 Å². The van der Waals surface area contributed by atoms with Crippen LogP contribution in [0.2, 0.25) is 0 Å². The summed E-state index contributed by atoms with van der Waals surface area (Å²) in [6, 6.07) is 10.3. The van der Waals surface area contributed by atoms with Gasteiger partial charge >= 0.3 is 0 Å². The van der Waals surface area contributed by atoms with E-state index in [4.69, 9.17) is 0 Å². The van der Waals surface area contributed by atoms with E-state index in [9.17, 15) is 4.79 Å². The Morgan fingerprint density at radius 1 is 1.33 bits per heavy atom. The number of aryl methyl sites for hydroxylation is 1. The maximum atomic E-state index is 13.0. The number of hydrogen-bond donors (Lipinski definition) is 2. The number of carbonyl (C=O) groups is 1. The summed E-state index contributed by atoms with van der Waals surface area (Å²) in [4.78, 5) is 18.5. The Labute approximate surface area is 141 Å². The fraction of sp³-hybridized carbons (Fsp3) is 0.368. The van der Waals surface area contributed by atoms with Crippen molar-refractivity contribution in [1.82, 2.24) is 20.1 Å². The molecule has 124 valence electrons. The fourth-order valence-corrected chi connectivity index (χ4v) is 3.87. The van der Waals surface area contributed by atoms with E-state index in [-0.39, 0.29) is 11.9 Å². The van der Waals surface area contributed by atoms with Gasteiger partial charge in [0.1, 0.15) is 5.69 Å². The SMILES string of the molecule is Cc1cc(C(=O)N2CCc3c([nH]c4ccccc34)[C@@H]2C(C)C)n[nH]1. The molecule has 0 unspecified atom stereocenters. The van der Waals surface area contributed by atoms with Gasteiger partial charge in [-0.05, 0) is 37.0 Å². The molecule has 4 rings (SSSR count). The number of rotatable bonds is 2. The van der Waals surface area contributed by atoms with Crippen molar-refractivity contribution in [2.75, 3.05) is 6.54 Å². The zero-order valence-electron chi connectivity index (χ0n) is 14.3. The minimum atomic E-state index is 0.00218. The van der Waals surface area contributed by atoms with Crippen LogP contribution >= 0.6 is 0 Å². The fourth-order valence-electron chi connectivity index (χ4n) is 3.87. The van der Waals surface area contributed by atoms with Crippen molar-refractivity contribution in [2.45, 2.75) is 33.2 Å². The van der Waals surface area contributed by atoms with Gasteiger partial charge in [-0.1, -0.05) is 32.0 Å². The van der Waals surface area contributed by atoms with Crippen LogP contribution in [0.15, 0.2) is 30.3 Å². The third-order valence-corrected chi connectivity index (χ3v) is 4.90. The molecule has 2 N–H and O–H groups in total. The Morgan fingerprint density at radius 2 is 2.12 bits per heavy atom. The third-order valence-electron chi connectivity index (χ3n) is 4.90. The van der Waals surface area contributed by atoms with Crippen molar-refractivity contribution in [3.63, 3.8) is 0 Å². The maximum absolute atomic E-state index is 13.0. The van der Waals surface area contributed by atoms with Gasteiger partial charge in [0.2, 0.25) is 0 Å². The summed E-state index contributed by atoms with van der Waals surface area (Å²) in [6.07, 6.45) is 0.873. The molecule has 5 heteroatoms. The van der Waals surface area contributed by atoms with Gasteiger partial charge in [-0.15, -0.1) is 0 Å². The number of hydrogen-bond acceptors (Lipinski definition) is 2. The third kappa shape index (κ3) is 2.23. The monoisotopic (exact) mass is 322 g/mol. The first-order chi connectivity index (χ1) is 11.6. The summed E-state index contributed by atoms with van der Waals surface area (Å²) < 4.78 is 0. The Balaban J connectivity index is 1.79. The zero-order chi connectivity index (χ0) is 16.8. The van der Waals surface area contributed by atoms with Gasteiger partial charge < -0.3 is 9.88 Å². The number of para-hydroxylation sites is 1. The number of amides is 1. The lowest BCUT2D eigenvalue weighted by molar-refractivity contribution is 0.0592. The second kappa shape index (κ2) is 5.51. The van der Waals surface area contributed by atoms with Crippen LogP contribution in [0.25, 0.3) is 10.9 Å². The first kappa shape index (κ1) is 15.0. The van der Waals surface area contributed by atoms with Crippen LogP contribution in [0.5, 0.6) is 0 Å². The van der Waals surface area contributed by atoms with Gasteiger partial charge in [0.25, 0.3) is 5.91 Å². The van der Waals surface area contributed by atoms with Crippen LogP contribution in [-0.2, 0) is 6.42 Å². The largest absolute Gasteiger partial charge is 0.356 e. The lowest BCUT2D eigenvalue weighted by Gasteiger charge is -2.38. The molecular weight excluding hydrogens is 300 g/mol. The maximum Gasteiger partial charge on any atom is 0.274 e. The molecule has 3 heterocycles. The summed E-state index contributed by atoms with van der Waals surface area (Å²) in [6.45, 7) is 6.97. The highest BCUT2D eigenvalue weighted by Gasteiger charge is 2.36. The molecule has 1 aliphatic heterocycles. The summed E-state index contributed by atoms with van der Waals surface area (Å²) in [5.41, 5.74) is 5.09. The molecule has 2 aromatic heterocycles. The molecule has 0 spiro atoms. The number of carbonyl (C=O) groups excluding carboxylic acids is 1. The topological polar surface area (TPSA) is 64.8 Å². The first-order valence-electron chi connectivity index (χ1n) is 8.48. The molecule has 0 saturated heterocycles. The van der Waals surface area contributed by atoms with Crippen LogP contribution in [-0.4, -0.2) is 32.5 Å². The molecule has 0 bridgehead atoms. The van der Waals surface area contributed by atoms with Gasteiger partial charge in [-0.3, -0.25) is 9.89 Å². The standard InChI is InChI=1S/C19H22N4O/c1-11(2)18-17-14(13-6-4-5-7-15(13)20-17)8-9-23(18)19(24)16-10-12(3)21-22-16/h4-7,10-11,18,20H,8-9H2,1-3H3,(H,21,22)/t18-/m0/s1. The highest BCUT2D eigenvalue weighted by atomic mass is 16.2. The second-order valence-electron chi connectivity index (χ2n) is 6.94. The summed E-state index contributed by atoms with van der Waals surface area (Å²) in [5.74, 6) is 0.323. The minimum absolute atomic E-state index is 0.00218. The first-order valence-corrected chi connectivity index (χ1v) is 8.48. The van der Waals surface area contributed by atoms with E-state index in [0.717, 1.165) is 24.2 Å². The van der Waals surface area contributed by atoms with Gasteiger partial charge in [-0.25, -0.2) is 0 Å². The van der Waals surface area contributed by atoms with Gasteiger partial charge in [0.05, 0.1) is 6.04 Å². The molecule has 1 aliphatic rings. The quantitative estimate of drug-likeness (QED) is 0.757. The summed E-state index contributed by atoms with van der Waals surface area (Å²) >= 11 is 0. The smallest absolute Gasteiger partial charge is 0.274 e. The molecule has 0 aliphatic carbocycles. The molecule has 0 radical (unpaired) electrons. The number of benzene rings is 1. The zero-order valence-corrected chi connectivity index (χ0v) is 14.3. The number of H-pyrrole nitrogens is 2. The Hall–Kier alpha value is -2.56. The lowest BCUT2D eigenvalue weighted by Crippen LogP contribution is -2.42. The van der Waals surface area contributed by atoms with Crippen molar-refractivity contribution in [2.24, 2.45) is 5.92 Å². The van der Waals surface area contributed by atoms with Gasteiger partial charge in [-0.2, -0.15) is 5.10 Å². The van der Waals surface area contributed by atoms with E-state index in [1.807, 2.05) is 24.0 Å². The van der Waals surface area contributed by atoms with Crippen LogP contribution in [0.4, 0.5) is 0 Å². The van der Waals surface area contributed by atoms with Crippen LogP contribution in [0.1, 0.15) is 47.3 Å². The molecule has 0 fully saturated rings. The van der Waals surface area contributed by atoms with Crippen molar-refractivity contribution in [1.29, 1.82) is 0 Å². The average molecular weight is 322 g/mol. The molecule has 24 heavy (non-hydrogen) atoms. The number of aromatic nitrogens is 3. The lowest BCUT2D eigenvalue weighted by atomic mass is 9.90. The predicted molar refractivity (Wildman–Crippen MR) is 93.9 cm³/mol. The van der Waals surface area contributed by atoms with E-state index in [1.165, 1.54) is 16.6 Å². The Bertz CT molecular complexity index is 905. The van der Waals surface area contributed by atoms with E-state index < -0.39 is 0 Å². The highest BCUT2D eigenvalue weighted by Crippen LogP contribution is 2.38. The molecule has 3 aromatic rings. The second-order valence-corrected chi connectivity index (χ2v) is 6.94. The van der Waals surface area contributed by atoms with Gasteiger partial charge in [0.15, 0.2) is 0 Å². The molecule has 1 atom stereocenters.